The molecule has 0 radical (unpaired) electrons. The van der Waals surface area contributed by atoms with Gasteiger partial charge in [0.15, 0.2) is 0 Å². The van der Waals surface area contributed by atoms with Gasteiger partial charge in [-0.15, -0.1) is 11.8 Å². The van der Waals surface area contributed by atoms with Gasteiger partial charge < -0.3 is 4.90 Å². The van der Waals surface area contributed by atoms with Crippen molar-refractivity contribution in [2.45, 2.75) is 18.0 Å². The number of likely N-dealkylation sites (N-methyl/N-ethyl adjacent to an activating group) is 1. The zero-order valence-electron chi connectivity index (χ0n) is 12.6. The number of thioether (sulfide) groups is 1. The molecule has 5 heteroatoms. The molecule has 3 nitrogen and oxygen atoms in total. The van der Waals surface area contributed by atoms with Crippen LogP contribution >= 0.6 is 23.4 Å². The minimum Gasteiger partial charge on any atom is -0.302 e. The Bertz CT molecular complexity index is 750. The van der Waals surface area contributed by atoms with Crippen LogP contribution in [0.4, 0.5) is 0 Å². The average Bonchev–Trinajstić information content (AvgIpc) is 2.54. The fourth-order valence-corrected chi connectivity index (χ4v) is 3.54. The molecular weight excluding hydrogens is 314 g/mol. The van der Waals surface area contributed by atoms with E-state index >= 15 is 0 Å². The molecule has 112 valence electrons. The maximum atomic E-state index is 9.67. The molecule has 1 aliphatic rings. The second kappa shape index (κ2) is 6.29. The standard InChI is InChI=1S/C17H16ClN3S/c1-21-8-7-15-14(10-21)16(11-3-5-12(18)6-4-11)13(9-19)17(20-15)22-2/h3-6H,7-8,10H2,1-2H3. The monoisotopic (exact) mass is 329 g/mol. The van der Waals surface area contributed by atoms with Gasteiger partial charge >= 0.3 is 0 Å². The lowest BCUT2D eigenvalue weighted by Crippen LogP contribution is -2.28. The van der Waals surface area contributed by atoms with Crippen LogP contribution in [0.5, 0.6) is 0 Å². The van der Waals surface area contributed by atoms with Crippen LogP contribution in [0, 0.1) is 11.3 Å². The van der Waals surface area contributed by atoms with Gasteiger partial charge in [0.1, 0.15) is 11.1 Å². The Hall–Kier alpha value is -1.54. The van der Waals surface area contributed by atoms with Gasteiger partial charge in [0, 0.05) is 35.8 Å². The van der Waals surface area contributed by atoms with Crippen LogP contribution in [0.25, 0.3) is 11.1 Å². The van der Waals surface area contributed by atoms with Crippen molar-refractivity contribution < 1.29 is 0 Å². The molecule has 0 spiro atoms. The van der Waals surface area contributed by atoms with Crippen LogP contribution in [0.15, 0.2) is 29.3 Å². The number of fused-ring (bicyclic) bond motifs is 1. The van der Waals surface area contributed by atoms with Gasteiger partial charge in [-0.25, -0.2) is 4.98 Å². The van der Waals surface area contributed by atoms with E-state index in [1.807, 2.05) is 30.5 Å². The maximum absolute atomic E-state index is 9.67. The van der Waals surface area contributed by atoms with Gasteiger partial charge in [0.25, 0.3) is 0 Å². The first kappa shape index (κ1) is 15.4. The Balaban J connectivity index is 2.29. The number of aromatic nitrogens is 1. The van der Waals surface area contributed by atoms with Crippen LogP contribution in [0.2, 0.25) is 5.02 Å². The fourth-order valence-electron chi connectivity index (χ4n) is 2.86. The van der Waals surface area contributed by atoms with E-state index < -0.39 is 0 Å². The van der Waals surface area contributed by atoms with Crippen LogP contribution in [-0.2, 0) is 13.0 Å². The van der Waals surface area contributed by atoms with E-state index in [1.165, 1.54) is 17.3 Å². The van der Waals surface area contributed by atoms with Gasteiger partial charge in [-0.1, -0.05) is 23.7 Å². The van der Waals surface area contributed by atoms with Crippen molar-refractivity contribution in [2.75, 3.05) is 19.8 Å². The van der Waals surface area contributed by atoms with Crippen molar-refractivity contribution in [1.82, 2.24) is 9.88 Å². The van der Waals surface area contributed by atoms with Crippen molar-refractivity contribution >= 4 is 23.4 Å². The highest BCUT2D eigenvalue weighted by atomic mass is 35.5. The third kappa shape index (κ3) is 2.72. The molecule has 1 aromatic heterocycles. The summed E-state index contributed by atoms with van der Waals surface area (Å²) in [5, 5.41) is 11.2. The van der Waals surface area contributed by atoms with Gasteiger partial charge in [0.05, 0.1) is 5.56 Å². The molecule has 22 heavy (non-hydrogen) atoms. The molecule has 0 atom stereocenters. The predicted octanol–water partition coefficient (Wildman–Crippen LogP) is 3.98. The normalized spacial score (nSPS) is 14.5. The summed E-state index contributed by atoms with van der Waals surface area (Å²) < 4.78 is 0. The van der Waals surface area contributed by atoms with E-state index in [4.69, 9.17) is 16.6 Å². The lowest BCUT2D eigenvalue weighted by molar-refractivity contribution is 0.309. The number of nitriles is 1. The molecule has 0 bridgehead atoms. The molecule has 2 aromatic rings. The van der Waals surface area contributed by atoms with E-state index in [1.54, 1.807) is 0 Å². The minimum absolute atomic E-state index is 0.670. The Morgan fingerprint density at radius 3 is 2.68 bits per heavy atom. The second-order valence-electron chi connectivity index (χ2n) is 5.40. The summed E-state index contributed by atoms with van der Waals surface area (Å²) in [6.07, 6.45) is 2.89. The average molecular weight is 330 g/mol. The van der Waals surface area contributed by atoms with E-state index in [0.29, 0.717) is 10.6 Å². The van der Waals surface area contributed by atoms with Crippen molar-refractivity contribution in [2.24, 2.45) is 0 Å². The topological polar surface area (TPSA) is 39.9 Å². The van der Waals surface area contributed by atoms with Crippen LogP contribution in [0.3, 0.4) is 0 Å². The maximum Gasteiger partial charge on any atom is 0.114 e. The first-order valence-corrected chi connectivity index (χ1v) is 8.68. The summed E-state index contributed by atoms with van der Waals surface area (Å²) in [6.45, 7) is 1.82. The van der Waals surface area contributed by atoms with E-state index in [0.717, 1.165) is 41.4 Å². The van der Waals surface area contributed by atoms with E-state index in [-0.39, 0.29) is 0 Å². The van der Waals surface area contributed by atoms with Crippen LogP contribution in [-0.4, -0.2) is 29.7 Å². The number of nitrogens with zero attached hydrogens (tertiary/aromatic N) is 3. The molecule has 3 rings (SSSR count). The summed E-state index contributed by atoms with van der Waals surface area (Å²) in [6, 6.07) is 10.1. The predicted molar refractivity (Wildman–Crippen MR) is 91.2 cm³/mol. The second-order valence-corrected chi connectivity index (χ2v) is 6.63. The first-order chi connectivity index (χ1) is 10.6. The van der Waals surface area contributed by atoms with Gasteiger partial charge in [-0.3, -0.25) is 0 Å². The van der Waals surface area contributed by atoms with Crippen molar-refractivity contribution in [1.29, 1.82) is 5.26 Å². The van der Waals surface area contributed by atoms with E-state index in [9.17, 15) is 5.26 Å². The van der Waals surface area contributed by atoms with Gasteiger partial charge in [-0.2, -0.15) is 5.26 Å². The Morgan fingerprint density at radius 2 is 2.05 bits per heavy atom. The van der Waals surface area contributed by atoms with Crippen LogP contribution < -0.4 is 0 Å². The smallest absolute Gasteiger partial charge is 0.114 e. The third-order valence-electron chi connectivity index (χ3n) is 3.95. The molecule has 0 amide bonds. The molecule has 0 aliphatic carbocycles. The Labute approximate surface area is 139 Å². The zero-order chi connectivity index (χ0) is 15.7. The molecule has 0 saturated carbocycles. The van der Waals surface area contributed by atoms with Crippen molar-refractivity contribution in [3.63, 3.8) is 0 Å². The number of benzene rings is 1. The lowest BCUT2D eigenvalue weighted by atomic mass is 9.92. The minimum atomic E-state index is 0.670. The molecule has 0 N–H and O–H groups in total. The highest BCUT2D eigenvalue weighted by molar-refractivity contribution is 7.98. The highest BCUT2D eigenvalue weighted by Gasteiger charge is 2.24. The summed E-state index contributed by atoms with van der Waals surface area (Å²) >= 11 is 7.54. The van der Waals surface area contributed by atoms with Gasteiger partial charge in [-0.05, 0) is 36.6 Å². The first-order valence-electron chi connectivity index (χ1n) is 7.08. The third-order valence-corrected chi connectivity index (χ3v) is 4.88. The molecule has 2 heterocycles. The Morgan fingerprint density at radius 1 is 1.32 bits per heavy atom. The fraction of sp³-hybridized carbons (Fsp3) is 0.294. The van der Waals surface area contributed by atoms with Crippen molar-refractivity contribution in [3.05, 3.63) is 46.1 Å². The highest BCUT2D eigenvalue weighted by Crippen LogP contribution is 2.36. The molecule has 0 saturated heterocycles. The number of halogens is 1. The Kier molecular flexibility index (Phi) is 4.39. The summed E-state index contributed by atoms with van der Waals surface area (Å²) in [7, 11) is 2.10. The van der Waals surface area contributed by atoms with E-state index in [2.05, 4.69) is 18.0 Å². The lowest BCUT2D eigenvalue weighted by Gasteiger charge is -2.27. The summed E-state index contributed by atoms with van der Waals surface area (Å²) in [5.74, 6) is 0. The number of pyridine rings is 1. The molecule has 1 aliphatic heterocycles. The molecule has 0 unspecified atom stereocenters. The molecular formula is C17H16ClN3S. The molecule has 0 fully saturated rings. The summed E-state index contributed by atoms with van der Waals surface area (Å²) in [4.78, 5) is 7.00. The molecule has 1 aromatic carbocycles. The number of hydrogen-bond donors (Lipinski definition) is 0. The number of rotatable bonds is 2. The van der Waals surface area contributed by atoms with Crippen LogP contribution in [0.1, 0.15) is 16.8 Å². The summed E-state index contributed by atoms with van der Waals surface area (Å²) in [5.41, 5.74) is 5.01. The SMILES string of the molecule is CSc1nc2c(c(-c3ccc(Cl)cc3)c1C#N)CN(C)CC2. The number of hydrogen-bond acceptors (Lipinski definition) is 4. The quantitative estimate of drug-likeness (QED) is 0.781. The largest absolute Gasteiger partial charge is 0.302 e. The van der Waals surface area contributed by atoms with Crippen molar-refractivity contribution in [3.8, 4) is 17.2 Å². The zero-order valence-corrected chi connectivity index (χ0v) is 14.1. The van der Waals surface area contributed by atoms with Gasteiger partial charge in [0.2, 0.25) is 0 Å².